The van der Waals surface area contributed by atoms with Crippen LogP contribution in [0.25, 0.3) is 11.0 Å². The zero-order chi connectivity index (χ0) is 14.0. The largest absolute Gasteiger partial charge is 0.456 e. The molecule has 0 amide bonds. The molecule has 2 aromatic rings. The molecule has 0 saturated carbocycles. The molecule has 19 heavy (non-hydrogen) atoms. The molecule has 0 fully saturated rings. The minimum atomic E-state index is -0.298. The van der Waals surface area contributed by atoms with Crippen LogP contribution >= 0.6 is 0 Å². The third-order valence-electron chi connectivity index (χ3n) is 3.90. The monoisotopic (exact) mass is 263 g/mol. The minimum absolute atomic E-state index is 0.0559. The van der Waals surface area contributed by atoms with E-state index in [1.807, 2.05) is 12.1 Å². The average Bonchev–Trinajstić information content (AvgIpc) is 2.80. The maximum absolute atomic E-state index is 13.7. The summed E-state index contributed by atoms with van der Waals surface area (Å²) in [6.07, 6.45) is 1.02. The van der Waals surface area contributed by atoms with E-state index in [-0.39, 0.29) is 17.3 Å². The van der Waals surface area contributed by atoms with Crippen LogP contribution in [0.4, 0.5) is 4.39 Å². The van der Waals surface area contributed by atoms with E-state index < -0.39 is 0 Å². The summed E-state index contributed by atoms with van der Waals surface area (Å²) in [4.78, 5) is 0. The Balaban J connectivity index is 2.48. The summed E-state index contributed by atoms with van der Waals surface area (Å²) in [5, 5.41) is 4.28. The Bertz CT molecular complexity index is 559. The second kappa shape index (κ2) is 5.33. The SMILES string of the molecule is CCNC(c1cc2cccc(F)c2o1)C(C)(C)CC. The van der Waals surface area contributed by atoms with Crippen molar-refractivity contribution in [1.29, 1.82) is 0 Å². The third-order valence-corrected chi connectivity index (χ3v) is 3.90. The predicted octanol–water partition coefficient (Wildman–Crippen LogP) is 4.66. The van der Waals surface area contributed by atoms with Gasteiger partial charge in [0.05, 0.1) is 6.04 Å². The van der Waals surface area contributed by atoms with Gasteiger partial charge in [0, 0.05) is 5.39 Å². The van der Waals surface area contributed by atoms with Gasteiger partial charge in [-0.2, -0.15) is 0 Å². The lowest BCUT2D eigenvalue weighted by molar-refractivity contribution is 0.211. The second-order valence-corrected chi connectivity index (χ2v) is 5.64. The van der Waals surface area contributed by atoms with Crippen LogP contribution in [0.1, 0.15) is 45.9 Å². The minimum Gasteiger partial charge on any atom is -0.456 e. The number of benzene rings is 1. The smallest absolute Gasteiger partial charge is 0.169 e. The van der Waals surface area contributed by atoms with Crippen molar-refractivity contribution >= 4 is 11.0 Å². The van der Waals surface area contributed by atoms with Gasteiger partial charge in [0.1, 0.15) is 5.76 Å². The summed E-state index contributed by atoms with van der Waals surface area (Å²) in [7, 11) is 0. The molecule has 0 spiro atoms. The van der Waals surface area contributed by atoms with Gasteiger partial charge in [-0.15, -0.1) is 0 Å². The first-order valence-corrected chi connectivity index (χ1v) is 6.91. The molecule has 1 unspecified atom stereocenters. The molecule has 1 atom stereocenters. The van der Waals surface area contributed by atoms with Crippen molar-refractivity contribution in [2.75, 3.05) is 6.54 Å². The molecule has 2 nitrogen and oxygen atoms in total. The Kier molecular flexibility index (Phi) is 3.95. The summed E-state index contributed by atoms with van der Waals surface area (Å²) >= 11 is 0. The quantitative estimate of drug-likeness (QED) is 0.848. The van der Waals surface area contributed by atoms with Gasteiger partial charge < -0.3 is 9.73 Å². The lowest BCUT2D eigenvalue weighted by Gasteiger charge is -2.32. The van der Waals surface area contributed by atoms with E-state index in [4.69, 9.17) is 4.42 Å². The fraction of sp³-hybridized carbons (Fsp3) is 0.500. The predicted molar refractivity (Wildman–Crippen MR) is 76.7 cm³/mol. The number of nitrogens with one attached hydrogen (secondary N) is 1. The van der Waals surface area contributed by atoms with Gasteiger partial charge in [-0.1, -0.05) is 39.8 Å². The van der Waals surface area contributed by atoms with Crippen LogP contribution in [0.2, 0.25) is 0 Å². The molecule has 0 aliphatic carbocycles. The van der Waals surface area contributed by atoms with E-state index in [2.05, 4.69) is 33.0 Å². The van der Waals surface area contributed by atoms with E-state index >= 15 is 0 Å². The Morgan fingerprint density at radius 1 is 1.32 bits per heavy atom. The lowest BCUT2D eigenvalue weighted by Crippen LogP contribution is -2.33. The Hall–Kier alpha value is -1.35. The van der Waals surface area contributed by atoms with Gasteiger partial charge >= 0.3 is 0 Å². The average molecular weight is 263 g/mol. The van der Waals surface area contributed by atoms with E-state index in [0.29, 0.717) is 5.58 Å². The van der Waals surface area contributed by atoms with Crippen LogP contribution in [-0.2, 0) is 0 Å². The highest BCUT2D eigenvalue weighted by atomic mass is 19.1. The number of halogens is 1. The van der Waals surface area contributed by atoms with Gasteiger partial charge in [0.15, 0.2) is 11.4 Å². The fourth-order valence-electron chi connectivity index (χ4n) is 2.36. The zero-order valence-corrected chi connectivity index (χ0v) is 12.1. The highest BCUT2D eigenvalue weighted by Crippen LogP contribution is 2.38. The molecule has 1 heterocycles. The van der Waals surface area contributed by atoms with Crippen LogP contribution in [-0.4, -0.2) is 6.54 Å². The first-order chi connectivity index (χ1) is 8.99. The van der Waals surface area contributed by atoms with Crippen LogP contribution in [0.3, 0.4) is 0 Å². The molecule has 0 aliphatic rings. The molecule has 0 bridgehead atoms. The highest BCUT2D eigenvalue weighted by Gasteiger charge is 2.31. The molecule has 2 rings (SSSR count). The van der Waals surface area contributed by atoms with Crippen molar-refractivity contribution in [3.63, 3.8) is 0 Å². The van der Waals surface area contributed by atoms with Crippen molar-refractivity contribution in [3.05, 3.63) is 35.8 Å². The summed E-state index contributed by atoms with van der Waals surface area (Å²) in [5.74, 6) is 0.516. The molecule has 0 radical (unpaired) electrons. The van der Waals surface area contributed by atoms with Crippen LogP contribution < -0.4 is 5.32 Å². The van der Waals surface area contributed by atoms with Crippen molar-refractivity contribution in [1.82, 2.24) is 5.32 Å². The summed E-state index contributed by atoms with van der Waals surface area (Å²) < 4.78 is 19.5. The number of hydrogen-bond donors (Lipinski definition) is 1. The molecule has 1 aromatic heterocycles. The second-order valence-electron chi connectivity index (χ2n) is 5.64. The molecule has 0 aliphatic heterocycles. The van der Waals surface area contributed by atoms with Crippen molar-refractivity contribution < 1.29 is 8.81 Å². The van der Waals surface area contributed by atoms with Crippen LogP contribution in [0.5, 0.6) is 0 Å². The fourth-order valence-corrected chi connectivity index (χ4v) is 2.36. The number of para-hydroxylation sites is 1. The summed E-state index contributed by atoms with van der Waals surface area (Å²) in [5.41, 5.74) is 0.410. The molecule has 0 saturated heterocycles. The number of fused-ring (bicyclic) bond motifs is 1. The van der Waals surface area contributed by atoms with Gasteiger partial charge in [-0.3, -0.25) is 0 Å². The van der Waals surface area contributed by atoms with Crippen molar-refractivity contribution in [2.45, 2.75) is 40.2 Å². The first-order valence-electron chi connectivity index (χ1n) is 6.91. The topological polar surface area (TPSA) is 25.2 Å². The van der Waals surface area contributed by atoms with E-state index in [1.54, 1.807) is 6.07 Å². The molecular weight excluding hydrogens is 241 g/mol. The molecule has 1 aromatic carbocycles. The van der Waals surface area contributed by atoms with Crippen molar-refractivity contribution in [2.24, 2.45) is 5.41 Å². The standard InChI is InChI=1S/C16H22FNO/c1-5-16(3,4)15(18-6-2)13-10-11-8-7-9-12(17)14(11)19-13/h7-10,15,18H,5-6H2,1-4H3. The van der Waals surface area contributed by atoms with Crippen LogP contribution in [0.15, 0.2) is 28.7 Å². The maximum Gasteiger partial charge on any atom is 0.169 e. The van der Waals surface area contributed by atoms with Crippen molar-refractivity contribution in [3.8, 4) is 0 Å². The number of rotatable bonds is 5. The van der Waals surface area contributed by atoms with E-state index in [0.717, 1.165) is 24.1 Å². The molecule has 1 N–H and O–H groups in total. The van der Waals surface area contributed by atoms with Gasteiger partial charge in [0.2, 0.25) is 0 Å². The normalized spacial score (nSPS) is 13.9. The Morgan fingerprint density at radius 3 is 2.63 bits per heavy atom. The first kappa shape index (κ1) is 14.1. The molecule has 104 valence electrons. The van der Waals surface area contributed by atoms with Gasteiger partial charge in [-0.05, 0) is 30.5 Å². The summed E-state index contributed by atoms with van der Waals surface area (Å²) in [6, 6.07) is 7.07. The van der Waals surface area contributed by atoms with E-state index in [1.165, 1.54) is 6.07 Å². The lowest BCUT2D eigenvalue weighted by atomic mass is 9.80. The maximum atomic E-state index is 13.7. The van der Waals surface area contributed by atoms with Crippen LogP contribution in [0, 0.1) is 11.2 Å². The summed E-state index contributed by atoms with van der Waals surface area (Å²) in [6.45, 7) is 9.48. The number of furan rings is 1. The highest BCUT2D eigenvalue weighted by molar-refractivity contribution is 5.78. The van der Waals surface area contributed by atoms with Gasteiger partial charge in [0.25, 0.3) is 0 Å². The molecular formula is C16H22FNO. The Labute approximate surface area is 114 Å². The zero-order valence-electron chi connectivity index (χ0n) is 12.1. The molecule has 3 heteroatoms. The third kappa shape index (κ3) is 2.66. The van der Waals surface area contributed by atoms with Gasteiger partial charge in [-0.25, -0.2) is 4.39 Å². The Morgan fingerprint density at radius 2 is 2.05 bits per heavy atom. The van der Waals surface area contributed by atoms with E-state index in [9.17, 15) is 4.39 Å². The number of hydrogen-bond acceptors (Lipinski definition) is 2.